The lowest BCUT2D eigenvalue weighted by Gasteiger charge is -2.22. The fourth-order valence-corrected chi connectivity index (χ4v) is 3.01. The molecule has 1 aromatic carbocycles. The Morgan fingerprint density at radius 2 is 1.74 bits per heavy atom. The lowest BCUT2D eigenvalue weighted by atomic mass is 9.96. The molecule has 1 aliphatic carbocycles. The van der Waals surface area contributed by atoms with Crippen molar-refractivity contribution >= 4 is 23.7 Å². The van der Waals surface area contributed by atoms with Crippen LogP contribution >= 0.6 is 0 Å². The number of anilines is 1. The molecule has 7 heteroatoms. The van der Waals surface area contributed by atoms with Gasteiger partial charge in [-0.15, -0.1) is 0 Å². The lowest BCUT2D eigenvalue weighted by Crippen LogP contribution is -2.39. The van der Waals surface area contributed by atoms with Crippen LogP contribution in [0.25, 0.3) is 0 Å². The lowest BCUT2D eigenvalue weighted by molar-refractivity contribution is -0.120. The molecule has 0 spiro atoms. The highest BCUT2D eigenvalue weighted by molar-refractivity contribution is 6.04. The molecule has 1 unspecified atom stereocenters. The molecule has 1 saturated heterocycles. The van der Waals surface area contributed by atoms with Gasteiger partial charge >= 0.3 is 12.1 Å². The third-order valence-corrected chi connectivity index (χ3v) is 4.22. The van der Waals surface area contributed by atoms with Crippen molar-refractivity contribution in [3.63, 3.8) is 0 Å². The summed E-state index contributed by atoms with van der Waals surface area (Å²) < 4.78 is 0. The van der Waals surface area contributed by atoms with Crippen molar-refractivity contribution in [2.75, 3.05) is 5.32 Å². The number of carbonyl (C=O) groups excluding carboxylic acids is 3. The maximum Gasteiger partial charge on any atom is 0.322 e. The quantitative estimate of drug-likeness (QED) is 0.642. The van der Waals surface area contributed by atoms with Crippen LogP contribution in [0.15, 0.2) is 24.3 Å². The molecule has 1 heterocycles. The summed E-state index contributed by atoms with van der Waals surface area (Å²) in [5.74, 6) is -0.370. The SMILES string of the molecule is O=C(Nc1ccc(C2NC(=O)NC2=O)cc1)NC1CCCCC1. The van der Waals surface area contributed by atoms with Crippen LogP contribution < -0.4 is 21.3 Å². The topological polar surface area (TPSA) is 99.3 Å². The summed E-state index contributed by atoms with van der Waals surface area (Å²) in [6.07, 6.45) is 5.63. The molecule has 1 atom stereocenters. The highest BCUT2D eigenvalue weighted by Crippen LogP contribution is 2.20. The Kier molecular flexibility index (Phi) is 4.45. The number of urea groups is 2. The van der Waals surface area contributed by atoms with Crippen molar-refractivity contribution < 1.29 is 14.4 Å². The molecular weight excluding hydrogens is 296 g/mol. The molecule has 4 N–H and O–H groups in total. The van der Waals surface area contributed by atoms with Crippen LogP contribution in [0.2, 0.25) is 0 Å². The maximum atomic E-state index is 12.0. The largest absolute Gasteiger partial charge is 0.335 e. The molecule has 1 aromatic rings. The number of benzene rings is 1. The van der Waals surface area contributed by atoms with Gasteiger partial charge in [-0.3, -0.25) is 10.1 Å². The zero-order valence-corrected chi connectivity index (χ0v) is 12.7. The van der Waals surface area contributed by atoms with Gasteiger partial charge in [0, 0.05) is 11.7 Å². The minimum Gasteiger partial charge on any atom is -0.335 e. The zero-order chi connectivity index (χ0) is 16.2. The second-order valence-corrected chi connectivity index (χ2v) is 5.95. The second-order valence-electron chi connectivity index (χ2n) is 5.95. The van der Waals surface area contributed by atoms with Gasteiger partial charge in [0.05, 0.1) is 0 Å². The van der Waals surface area contributed by atoms with Crippen LogP contribution in [0.3, 0.4) is 0 Å². The van der Waals surface area contributed by atoms with Gasteiger partial charge in [0.15, 0.2) is 0 Å². The summed E-state index contributed by atoms with van der Waals surface area (Å²) in [5.41, 5.74) is 1.32. The van der Waals surface area contributed by atoms with Gasteiger partial charge in [0.1, 0.15) is 6.04 Å². The molecule has 5 amide bonds. The van der Waals surface area contributed by atoms with Gasteiger partial charge in [-0.25, -0.2) is 9.59 Å². The summed E-state index contributed by atoms with van der Waals surface area (Å²) in [7, 11) is 0. The number of rotatable bonds is 3. The summed E-state index contributed by atoms with van der Waals surface area (Å²) in [6, 6.07) is 5.73. The average molecular weight is 316 g/mol. The number of nitrogens with one attached hydrogen (secondary N) is 4. The molecule has 0 aromatic heterocycles. The normalized spacial score (nSPS) is 21.5. The first-order chi connectivity index (χ1) is 11.1. The molecule has 3 rings (SSSR count). The maximum absolute atomic E-state index is 12.0. The van der Waals surface area contributed by atoms with Crippen LogP contribution in [-0.2, 0) is 4.79 Å². The number of imide groups is 1. The molecule has 0 bridgehead atoms. The van der Waals surface area contributed by atoms with Crippen molar-refractivity contribution in [2.45, 2.75) is 44.2 Å². The monoisotopic (exact) mass is 316 g/mol. The first kappa shape index (κ1) is 15.3. The van der Waals surface area contributed by atoms with Crippen LogP contribution in [-0.4, -0.2) is 24.0 Å². The van der Waals surface area contributed by atoms with E-state index in [1.165, 1.54) is 6.42 Å². The van der Waals surface area contributed by atoms with Crippen molar-refractivity contribution in [2.24, 2.45) is 0 Å². The van der Waals surface area contributed by atoms with Crippen molar-refractivity contribution in [3.8, 4) is 0 Å². The fourth-order valence-electron chi connectivity index (χ4n) is 3.01. The number of amides is 5. The molecule has 2 fully saturated rings. The molecule has 7 nitrogen and oxygen atoms in total. The van der Waals surface area contributed by atoms with Gasteiger partial charge in [-0.1, -0.05) is 31.4 Å². The first-order valence-electron chi connectivity index (χ1n) is 7.90. The molecule has 122 valence electrons. The molecule has 1 aliphatic heterocycles. The van der Waals surface area contributed by atoms with Crippen LogP contribution in [0.4, 0.5) is 15.3 Å². The molecule has 23 heavy (non-hydrogen) atoms. The Labute approximate surface area is 134 Å². The molecule has 0 radical (unpaired) electrons. The van der Waals surface area contributed by atoms with Gasteiger partial charge in [0.25, 0.3) is 5.91 Å². The Balaban J connectivity index is 1.55. The van der Waals surface area contributed by atoms with Crippen LogP contribution in [0.1, 0.15) is 43.7 Å². The van der Waals surface area contributed by atoms with Crippen LogP contribution in [0, 0.1) is 0 Å². The Morgan fingerprint density at radius 3 is 2.35 bits per heavy atom. The average Bonchev–Trinajstić information content (AvgIpc) is 2.87. The smallest absolute Gasteiger partial charge is 0.322 e. The van der Waals surface area contributed by atoms with Gasteiger partial charge in [-0.2, -0.15) is 0 Å². The highest BCUT2D eigenvalue weighted by Gasteiger charge is 2.30. The van der Waals surface area contributed by atoms with Crippen molar-refractivity contribution in [1.29, 1.82) is 0 Å². The Hall–Kier alpha value is -2.57. The second kappa shape index (κ2) is 6.68. The standard InChI is InChI=1S/C16H20N4O3/c21-14-13(19-16(23)20-14)10-6-8-12(9-7-10)18-15(22)17-11-4-2-1-3-5-11/h6-9,11,13H,1-5H2,(H2,17,18,22)(H2,19,20,21,23). The van der Waals surface area contributed by atoms with E-state index in [1.807, 2.05) is 0 Å². The van der Waals surface area contributed by atoms with Gasteiger partial charge < -0.3 is 16.0 Å². The molecular formula is C16H20N4O3. The van der Waals surface area contributed by atoms with E-state index in [2.05, 4.69) is 21.3 Å². The van der Waals surface area contributed by atoms with Crippen LogP contribution in [0.5, 0.6) is 0 Å². The summed E-state index contributed by atoms with van der Waals surface area (Å²) in [5, 5.41) is 10.5. The van der Waals surface area contributed by atoms with E-state index < -0.39 is 12.1 Å². The van der Waals surface area contributed by atoms with E-state index in [4.69, 9.17) is 0 Å². The van der Waals surface area contributed by atoms with E-state index in [9.17, 15) is 14.4 Å². The van der Waals surface area contributed by atoms with Gasteiger partial charge in [0.2, 0.25) is 0 Å². The number of hydrogen-bond acceptors (Lipinski definition) is 3. The van der Waals surface area contributed by atoms with E-state index in [1.54, 1.807) is 24.3 Å². The highest BCUT2D eigenvalue weighted by atomic mass is 16.2. The Morgan fingerprint density at radius 1 is 1.04 bits per heavy atom. The zero-order valence-electron chi connectivity index (χ0n) is 12.7. The predicted molar refractivity (Wildman–Crippen MR) is 84.9 cm³/mol. The number of hydrogen-bond donors (Lipinski definition) is 4. The predicted octanol–water partition coefficient (Wildman–Crippen LogP) is 2.02. The summed E-state index contributed by atoms with van der Waals surface area (Å²) >= 11 is 0. The third-order valence-electron chi connectivity index (χ3n) is 4.22. The van der Waals surface area contributed by atoms with E-state index in [0.29, 0.717) is 11.3 Å². The fraction of sp³-hybridized carbons (Fsp3) is 0.438. The molecule has 1 saturated carbocycles. The van der Waals surface area contributed by atoms with Crippen molar-refractivity contribution in [1.82, 2.24) is 16.0 Å². The summed E-state index contributed by atoms with van der Waals surface area (Å²) in [4.78, 5) is 34.7. The van der Waals surface area contributed by atoms with E-state index >= 15 is 0 Å². The van der Waals surface area contributed by atoms with Gasteiger partial charge in [-0.05, 0) is 30.5 Å². The Bertz CT molecular complexity index is 608. The molecule has 2 aliphatic rings. The summed E-state index contributed by atoms with van der Waals surface area (Å²) in [6.45, 7) is 0. The van der Waals surface area contributed by atoms with Crippen molar-refractivity contribution in [3.05, 3.63) is 29.8 Å². The first-order valence-corrected chi connectivity index (χ1v) is 7.90. The minimum atomic E-state index is -0.674. The third kappa shape index (κ3) is 3.80. The minimum absolute atomic E-state index is 0.212. The number of carbonyl (C=O) groups is 3. The van der Waals surface area contributed by atoms with E-state index in [-0.39, 0.29) is 18.0 Å². The van der Waals surface area contributed by atoms with E-state index in [0.717, 1.165) is 25.7 Å².